The van der Waals surface area contributed by atoms with Crippen LogP contribution in [0.4, 0.5) is 0 Å². The Labute approximate surface area is 165 Å². The van der Waals surface area contributed by atoms with Gasteiger partial charge in [-0.25, -0.2) is 0 Å². The summed E-state index contributed by atoms with van der Waals surface area (Å²) < 4.78 is 0. The van der Waals surface area contributed by atoms with Crippen LogP contribution in [0, 0.1) is 0 Å². The standard InChI is InChI=1S/C23H38N2O2/c26-22(20-25-17-11-6-12-18-25)15-9-3-1-2-4-10-16-23(27)24-19-21-13-7-5-8-14-21/h5,7-8,13-14,22,26H,1-4,6,9-12,15-20H2,(H,24,27). The van der Waals surface area contributed by atoms with Crippen molar-refractivity contribution >= 4 is 5.91 Å². The monoisotopic (exact) mass is 374 g/mol. The number of nitrogens with zero attached hydrogens (tertiary/aromatic N) is 1. The van der Waals surface area contributed by atoms with E-state index in [1.807, 2.05) is 30.3 Å². The zero-order valence-electron chi connectivity index (χ0n) is 16.9. The van der Waals surface area contributed by atoms with E-state index in [2.05, 4.69) is 10.2 Å². The topological polar surface area (TPSA) is 52.6 Å². The maximum Gasteiger partial charge on any atom is 0.220 e. The van der Waals surface area contributed by atoms with E-state index in [0.29, 0.717) is 13.0 Å². The molecule has 1 aliphatic heterocycles. The number of aliphatic hydroxyl groups is 1. The molecule has 0 saturated carbocycles. The average molecular weight is 375 g/mol. The van der Waals surface area contributed by atoms with Crippen molar-refractivity contribution in [2.45, 2.75) is 83.3 Å². The minimum atomic E-state index is -0.156. The molecule has 0 radical (unpaired) electrons. The third kappa shape index (κ3) is 10.5. The first-order valence-electron chi connectivity index (χ1n) is 10.9. The number of β-amino-alcohol motifs (C(OH)–C–C–N with tert-alkyl or cyclic N) is 1. The second-order valence-electron chi connectivity index (χ2n) is 7.94. The number of amides is 1. The minimum absolute atomic E-state index is 0.152. The number of hydrogen-bond donors (Lipinski definition) is 2. The Bertz CT molecular complexity index is 500. The molecule has 2 rings (SSSR count). The van der Waals surface area contributed by atoms with E-state index < -0.39 is 0 Å². The van der Waals surface area contributed by atoms with Gasteiger partial charge in [0.1, 0.15) is 0 Å². The van der Waals surface area contributed by atoms with Crippen molar-refractivity contribution in [1.29, 1.82) is 0 Å². The van der Waals surface area contributed by atoms with Gasteiger partial charge in [0.15, 0.2) is 0 Å². The molecule has 1 aromatic rings. The summed E-state index contributed by atoms with van der Waals surface area (Å²) in [5.74, 6) is 0.152. The van der Waals surface area contributed by atoms with E-state index in [4.69, 9.17) is 0 Å². The molecule has 1 atom stereocenters. The van der Waals surface area contributed by atoms with Crippen molar-refractivity contribution in [1.82, 2.24) is 10.2 Å². The van der Waals surface area contributed by atoms with Crippen LogP contribution in [-0.4, -0.2) is 41.7 Å². The van der Waals surface area contributed by atoms with Crippen LogP contribution in [0.15, 0.2) is 30.3 Å². The van der Waals surface area contributed by atoms with Gasteiger partial charge >= 0.3 is 0 Å². The van der Waals surface area contributed by atoms with E-state index >= 15 is 0 Å². The maximum atomic E-state index is 11.8. The van der Waals surface area contributed by atoms with Crippen LogP contribution in [0.2, 0.25) is 0 Å². The number of carbonyl (C=O) groups is 1. The van der Waals surface area contributed by atoms with Gasteiger partial charge in [-0.1, -0.05) is 68.9 Å². The normalized spacial score (nSPS) is 16.2. The molecular formula is C23H38N2O2. The molecule has 0 aliphatic carbocycles. The smallest absolute Gasteiger partial charge is 0.220 e. The van der Waals surface area contributed by atoms with Gasteiger partial charge in [-0.15, -0.1) is 0 Å². The van der Waals surface area contributed by atoms with Gasteiger partial charge in [-0.3, -0.25) is 4.79 Å². The van der Waals surface area contributed by atoms with Crippen LogP contribution in [0.1, 0.15) is 76.2 Å². The van der Waals surface area contributed by atoms with Gasteiger partial charge in [0.2, 0.25) is 5.91 Å². The largest absolute Gasteiger partial charge is 0.392 e. The highest BCUT2D eigenvalue weighted by atomic mass is 16.3. The fourth-order valence-corrected chi connectivity index (χ4v) is 3.79. The van der Waals surface area contributed by atoms with Gasteiger partial charge in [-0.05, 0) is 44.3 Å². The molecule has 0 bridgehead atoms. The molecule has 1 heterocycles. The Hall–Kier alpha value is -1.39. The molecule has 4 nitrogen and oxygen atoms in total. The highest BCUT2D eigenvalue weighted by molar-refractivity contribution is 5.75. The molecule has 1 saturated heterocycles. The summed E-state index contributed by atoms with van der Waals surface area (Å²) in [4.78, 5) is 14.3. The quantitative estimate of drug-likeness (QED) is 0.507. The van der Waals surface area contributed by atoms with Crippen LogP contribution < -0.4 is 5.32 Å². The first kappa shape index (κ1) is 21.9. The van der Waals surface area contributed by atoms with Crippen LogP contribution in [0.3, 0.4) is 0 Å². The fourth-order valence-electron chi connectivity index (χ4n) is 3.79. The summed E-state index contributed by atoms with van der Waals surface area (Å²) in [6.07, 6.45) is 12.1. The predicted octanol–water partition coefficient (Wildman–Crippen LogP) is 4.27. The number of aliphatic hydroxyl groups excluding tert-OH is 1. The summed E-state index contributed by atoms with van der Waals surface area (Å²) in [6.45, 7) is 3.81. The highest BCUT2D eigenvalue weighted by Gasteiger charge is 2.14. The van der Waals surface area contributed by atoms with Gasteiger partial charge in [0.05, 0.1) is 6.10 Å². The Balaban J connectivity index is 1.37. The lowest BCUT2D eigenvalue weighted by Gasteiger charge is -2.28. The van der Waals surface area contributed by atoms with Crippen LogP contribution in [0.25, 0.3) is 0 Å². The third-order valence-corrected chi connectivity index (χ3v) is 5.44. The minimum Gasteiger partial charge on any atom is -0.392 e. The number of likely N-dealkylation sites (tertiary alicyclic amines) is 1. The van der Waals surface area contributed by atoms with Gasteiger partial charge in [-0.2, -0.15) is 0 Å². The van der Waals surface area contributed by atoms with Crippen LogP contribution in [0.5, 0.6) is 0 Å². The Morgan fingerprint density at radius 3 is 2.37 bits per heavy atom. The molecule has 152 valence electrons. The van der Waals surface area contributed by atoms with Crippen molar-refractivity contribution in [3.8, 4) is 0 Å². The zero-order valence-corrected chi connectivity index (χ0v) is 16.9. The van der Waals surface area contributed by atoms with Crippen molar-refractivity contribution < 1.29 is 9.90 Å². The molecule has 0 aromatic heterocycles. The van der Waals surface area contributed by atoms with Crippen molar-refractivity contribution in [2.75, 3.05) is 19.6 Å². The summed E-state index contributed by atoms with van der Waals surface area (Å²) in [5, 5.41) is 13.1. The molecule has 27 heavy (non-hydrogen) atoms. The van der Waals surface area contributed by atoms with E-state index in [1.54, 1.807) is 0 Å². The third-order valence-electron chi connectivity index (χ3n) is 5.44. The molecule has 1 fully saturated rings. The van der Waals surface area contributed by atoms with Gasteiger partial charge < -0.3 is 15.3 Å². The van der Waals surface area contributed by atoms with Gasteiger partial charge in [0.25, 0.3) is 0 Å². The van der Waals surface area contributed by atoms with E-state index in [1.165, 1.54) is 38.5 Å². The van der Waals surface area contributed by atoms with E-state index in [-0.39, 0.29) is 12.0 Å². The molecule has 1 aromatic carbocycles. The van der Waals surface area contributed by atoms with Crippen molar-refractivity contribution in [2.24, 2.45) is 0 Å². The number of carbonyl (C=O) groups excluding carboxylic acids is 1. The van der Waals surface area contributed by atoms with E-state index in [0.717, 1.165) is 50.9 Å². The first-order valence-corrected chi connectivity index (χ1v) is 10.9. The summed E-state index contributed by atoms with van der Waals surface area (Å²) >= 11 is 0. The summed E-state index contributed by atoms with van der Waals surface area (Å²) in [5.41, 5.74) is 1.15. The lowest BCUT2D eigenvalue weighted by molar-refractivity contribution is -0.121. The predicted molar refractivity (Wildman–Crippen MR) is 112 cm³/mol. The SMILES string of the molecule is O=C(CCCCCCCCC(O)CN1CCCCC1)NCc1ccccc1. The second kappa shape index (κ2) is 13.7. The molecule has 1 aliphatic rings. The number of piperidine rings is 1. The molecule has 0 spiro atoms. The molecule has 1 amide bonds. The highest BCUT2D eigenvalue weighted by Crippen LogP contribution is 2.13. The fraction of sp³-hybridized carbons (Fsp3) is 0.696. The molecular weight excluding hydrogens is 336 g/mol. The van der Waals surface area contributed by atoms with Crippen LogP contribution >= 0.6 is 0 Å². The first-order chi connectivity index (χ1) is 13.2. The molecule has 1 unspecified atom stereocenters. The number of unbranched alkanes of at least 4 members (excludes halogenated alkanes) is 5. The summed E-state index contributed by atoms with van der Waals surface area (Å²) in [7, 11) is 0. The maximum absolute atomic E-state index is 11.8. The summed E-state index contributed by atoms with van der Waals surface area (Å²) in [6, 6.07) is 10.0. The number of nitrogens with one attached hydrogen (secondary N) is 1. The average Bonchev–Trinajstić information content (AvgIpc) is 2.70. The lowest BCUT2D eigenvalue weighted by atomic mass is 10.0. The molecule has 4 heteroatoms. The molecule has 2 N–H and O–H groups in total. The number of benzene rings is 1. The zero-order chi connectivity index (χ0) is 19.2. The lowest BCUT2D eigenvalue weighted by Crippen LogP contribution is -2.36. The second-order valence-corrected chi connectivity index (χ2v) is 7.94. The van der Waals surface area contributed by atoms with Crippen molar-refractivity contribution in [3.63, 3.8) is 0 Å². The van der Waals surface area contributed by atoms with E-state index in [9.17, 15) is 9.90 Å². The Kier molecular flexibility index (Phi) is 11.1. The Morgan fingerprint density at radius 2 is 1.63 bits per heavy atom. The Morgan fingerprint density at radius 1 is 0.963 bits per heavy atom. The number of rotatable bonds is 13. The van der Waals surface area contributed by atoms with Gasteiger partial charge in [0, 0.05) is 19.5 Å². The van der Waals surface area contributed by atoms with Crippen molar-refractivity contribution in [3.05, 3.63) is 35.9 Å². The number of hydrogen-bond acceptors (Lipinski definition) is 3. The van der Waals surface area contributed by atoms with Crippen LogP contribution in [-0.2, 0) is 11.3 Å².